The van der Waals surface area contributed by atoms with Gasteiger partial charge in [-0.05, 0) is 55.6 Å². The van der Waals surface area contributed by atoms with E-state index in [0.29, 0.717) is 49.1 Å². The molecule has 0 radical (unpaired) electrons. The molecule has 12 heteroatoms. The van der Waals surface area contributed by atoms with Crippen LogP contribution in [0.2, 0.25) is 0 Å². The number of pyridine rings is 1. The van der Waals surface area contributed by atoms with Crippen LogP contribution in [0.3, 0.4) is 0 Å². The fraction of sp³-hybridized carbons (Fsp3) is 0.725. The first-order valence-corrected chi connectivity index (χ1v) is 20.6. The van der Waals surface area contributed by atoms with E-state index in [0.717, 1.165) is 57.1 Å². The minimum Gasteiger partial charge on any atom is -0.390 e. The number of anilines is 1. The molecule has 2 aliphatic rings. The molecular formula is C40H64N6O5S. The third-order valence-electron chi connectivity index (χ3n) is 11.0. The summed E-state index contributed by atoms with van der Waals surface area (Å²) in [5.41, 5.74) is 7.51. The molecule has 2 aliphatic carbocycles. The smallest absolute Gasteiger partial charge is 0.241 e. The number of aromatic nitrogens is 2. The molecule has 2 aromatic rings. The van der Waals surface area contributed by atoms with Crippen LogP contribution in [0.4, 0.5) is 5.13 Å². The maximum Gasteiger partial charge on any atom is 0.241 e. The van der Waals surface area contributed by atoms with Crippen LogP contribution in [0.15, 0.2) is 29.8 Å². The van der Waals surface area contributed by atoms with Crippen LogP contribution < -0.4 is 11.1 Å². The number of likely N-dealkylation sites (N-methyl/N-ethyl adjacent to an activating group) is 1. The van der Waals surface area contributed by atoms with Gasteiger partial charge in [-0.3, -0.25) is 19.4 Å². The van der Waals surface area contributed by atoms with Crippen molar-refractivity contribution >= 4 is 34.2 Å². The highest BCUT2D eigenvalue weighted by molar-refractivity contribution is 7.13. The lowest BCUT2D eigenvalue weighted by Gasteiger charge is -2.42. The Balaban J connectivity index is 1.56. The van der Waals surface area contributed by atoms with Crippen LogP contribution in [0.25, 0.3) is 0 Å². The van der Waals surface area contributed by atoms with Gasteiger partial charge in [0.15, 0.2) is 5.13 Å². The van der Waals surface area contributed by atoms with Crippen molar-refractivity contribution in [3.8, 4) is 0 Å². The molecule has 2 heterocycles. The molecule has 0 unspecified atom stereocenters. The zero-order chi connectivity index (χ0) is 37.5. The first kappa shape index (κ1) is 41.7. The molecule has 2 saturated carbocycles. The van der Waals surface area contributed by atoms with Gasteiger partial charge in [-0.25, -0.2) is 4.98 Å². The number of aliphatic hydroxyl groups is 2. The van der Waals surface area contributed by atoms with Crippen molar-refractivity contribution in [1.29, 1.82) is 0 Å². The normalized spacial score (nSPS) is 18.3. The number of carbonyl (C=O) groups is 3. The molecule has 4 atom stereocenters. The summed E-state index contributed by atoms with van der Waals surface area (Å²) in [6.07, 6.45) is 13.5. The van der Waals surface area contributed by atoms with Crippen LogP contribution in [0, 0.1) is 23.7 Å². The van der Waals surface area contributed by atoms with Crippen LogP contribution in [-0.4, -0.2) is 92.6 Å². The molecule has 0 saturated heterocycles. The summed E-state index contributed by atoms with van der Waals surface area (Å²) < 4.78 is 0. The zero-order valence-electron chi connectivity index (χ0n) is 31.8. The van der Waals surface area contributed by atoms with Crippen LogP contribution in [0.5, 0.6) is 0 Å². The first-order chi connectivity index (χ1) is 25.0. The highest BCUT2D eigenvalue weighted by Crippen LogP contribution is 2.34. The maximum absolute atomic E-state index is 15.1. The van der Waals surface area contributed by atoms with E-state index in [-0.39, 0.29) is 43.0 Å². The first-order valence-electron chi connectivity index (χ1n) is 19.8. The average Bonchev–Trinajstić information content (AvgIpc) is 3.37. The van der Waals surface area contributed by atoms with Crippen molar-refractivity contribution in [3.05, 3.63) is 41.2 Å². The lowest BCUT2D eigenvalue weighted by molar-refractivity contribution is -0.147. The lowest BCUT2D eigenvalue weighted by atomic mass is 9.81. The third kappa shape index (κ3) is 13.7. The van der Waals surface area contributed by atoms with Gasteiger partial charge in [0.25, 0.3) is 0 Å². The van der Waals surface area contributed by atoms with E-state index in [4.69, 9.17) is 5.73 Å². The van der Waals surface area contributed by atoms with E-state index < -0.39 is 30.1 Å². The molecule has 0 bridgehead atoms. The Bertz CT molecular complexity index is 1360. The predicted molar refractivity (Wildman–Crippen MR) is 206 cm³/mol. The highest BCUT2D eigenvalue weighted by atomic mass is 32.1. The maximum atomic E-state index is 15.1. The molecule has 2 fully saturated rings. The Hall–Kier alpha value is -3.09. The molecule has 3 amide bonds. The number of nitrogens with one attached hydrogen (secondary N) is 1. The van der Waals surface area contributed by atoms with Gasteiger partial charge in [0, 0.05) is 56.7 Å². The summed E-state index contributed by atoms with van der Waals surface area (Å²) in [5.74, 6) is -0.817. The molecule has 0 aromatic carbocycles. The Morgan fingerprint density at radius 2 is 1.65 bits per heavy atom. The Morgan fingerprint density at radius 3 is 2.27 bits per heavy atom. The molecule has 4 rings (SSSR count). The molecule has 5 N–H and O–H groups in total. The van der Waals surface area contributed by atoms with Gasteiger partial charge in [-0.15, -0.1) is 11.3 Å². The summed E-state index contributed by atoms with van der Waals surface area (Å²) >= 11 is 1.29. The second kappa shape index (κ2) is 21.6. The van der Waals surface area contributed by atoms with Crippen LogP contribution in [-0.2, 0) is 27.2 Å². The molecule has 0 spiro atoms. The number of aliphatic hydroxyl groups excluding tert-OH is 2. The topological polar surface area (TPSA) is 162 Å². The predicted octanol–water partition coefficient (Wildman–Crippen LogP) is 5.39. The van der Waals surface area contributed by atoms with E-state index in [1.165, 1.54) is 30.6 Å². The monoisotopic (exact) mass is 740 g/mol. The fourth-order valence-corrected chi connectivity index (χ4v) is 8.59. The van der Waals surface area contributed by atoms with Gasteiger partial charge in [0.2, 0.25) is 17.7 Å². The number of hydrogen-bond acceptors (Lipinski definition) is 9. The Morgan fingerprint density at radius 1 is 0.981 bits per heavy atom. The van der Waals surface area contributed by atoms with Crippen molar-refractivity contribution < 1.29 is 24.6 Å². The number of thiazole rings is 1. The minimum absolute atomic E-state index is 0.136. The molecule has 290 valence electrons. The van der Waals surface area contributed by atoms with E-state index in [1.54, 1.807) is 18.1 Å². The quantitative estimate of drug-likeness (QED) is 0.139. The number of rotatable bonds is 19. The van der Waals surface area contributed by atoms with Gasteiger partial charge in [-0.1, -0.05) is 77.7 Å². The van der Waals surface area contributed by atoms with Crippen molar-refractivity contribution in [2.45, 2.75) is 135 Å². The largest absolute Gasteiger partial charge is 0.390 e. The summed E-state index contributed by atoms with van der Waals surface area (Å²) in [4.78, 5) is 53.8. The van der Waals surface area contributed by atoms with Gasteiger partial charge in [0.05, 0.1) is 30.3 Å². The number of hydrogen-bond donors (Lipinski definition) is 4. The fourth-order valence-electron chi connectivity index (χ4n) is 8.02. The number of nitrogens with zero attached hydrogens (tertiary/aromatic N) is 4. The highest BCUT2D eigenvalue weighted by Gasteiger charge is 2.40. The van der Waals surface area contributed by atoms with Gasteiger partial charge in [-0.2, -0.15) is 0 Å². The average molecular weight is 741 g/mol. The van der Waals surface area contributed by atoms with Crippen LogP contribution in [0.1, 0.15) is 115 Å². The molecule has 52 heavy (non-hydrogen) atoms. The number of nitrogens with two attached hydrogens (primary N) is 1. The van der Waals surface area contributed by atoms with Crippen molar-refractivity contribution in [2.24, 2.45) is 23.7 Å². The van der Waals surface area contributed by atoms with E-state index in [2.05, 4.69) is 15.3 Å². The lowest BCUT2D eigenvalue weighted by Crippen LogP contribution is -2.55. The SMILES string of the molecule is CC(C)C[C@H](O)[C@H](O)[C@H](CC1CCCCC1)N(CC1CCCCCC1)C(=O)[C@@H](CC(=O)NCC(=O)N(C)CCc1ccccn1)Cc1csc(N)n1. The summed E-state index contributed by atoms with van der Waals surface area (Å²) in [6, 6.07) is 5.09. The molecular weight excluding hydrogens is 677 g/mol. The molecule has 0 aliphatic heterocycles. The summed E-state index contributed by atoms with van der Waals surface area (Å²) in [5, 5.41) is 28.3. The zero-order valence-corrected chi connectivity index (χ0v) is 32.6. The standard InChI is InChI=1S/C40H64N6O5S/c1-28(2)21-35(47)38(50)34(22-29-13-9-6-10-14-29)46(26-30-15-7-4-5-8-16-30)39(51)31(23-33-27-52-40(41)44-33)24-36(48)43-25-37(49)45(3)20-18-32-17-11-12-19-42-32/h11-12,17,19,27-31,34-35,38,47,50H,4-10,13-16,18,20-26H2,1-3H3,(H2,41,44)(H,43,48)/t31-,34+,35+,38-/m1/s1. The number of nitrogen functional groups attached to an aromatic ring is 1. The Kier molecular flexibility index (Phi) is 17.3. The van der Waals surface area contributed by atoms with Crippen LogP contribution >= 0.6 is 11.3 Å². The summed E-state index contributed by atoms with van der Waals surface area (Å²) in [6.45, 7) is 4.81. The van der Waals surface area contributed by atoms with E-state index >= 15 is 4.79 Å². The van der Waals surface area contributed by atoms with E-state index in [1.807, 2.05) is 42.3 Å². The molecule has 11 nitrogen and oxygen atoms in total. The van der Waals surface area contributed by atoms with Gasteiger partial charge in [0.1, 0.15) is 6.10 Å². The van der Waals surface area contributed by atoms with E-state index in [9.17, 15) is 19.8 Å². The number of amides is 3. The van der Waals surface area contributed by atoms with Crippen molar-refractivity contribution in [2.75, 3.05) is 32.4 Å². The second-order valence-electron chi connectivity index (χ2n) is 15.8. The molecule has 2 aromatic heterocycles. The van der Waals surface area contributed by atoms with Gasteiger partial charge < -0.3 is 31.1 Å². The third-order valence-corrected chi connectivity index (χ3v) is 11.7. The second-order valence-corrected chi connectivity index (χ2v) is 16.7. The van der Waals surface area contributed by atoms with Crippen molar-refractivity contribution in [1.82, 2.24) is 25.1 Å². The summed E-state index contributed by atoms with van der Waals surface area (Å²) in [7, 11) is 1.70. The number of carbonyl (C=O) groups excluding carboxylic acids is 3. The van der Waals surface area contributed by atoms with Crippen molar-refractivity contribution in [3.63, 3.8) is 0 Å². The van der Waals surface area contributed by atoms with Gasteiger partial charge >= 0.3 is 0 Å². The Labute approximate surface area is 315 Å². The minimum atomic E-state index is -1.11.